The molecule has 0 radical (unpaired) electrons. The van der Waals surface area contributed by atoms with Crippen LogP contribution in [0, 0.1) is 13.8 Å². The first kappa shape index (κ1) is 13.3. The van der Waals surface area contributed by atoms with Gasteiger partial charge in [-0.3, -0.25) is 0 Å². The summed E-state index contributed by atoms with van der Waals surface area (Å²) in [6, 6.07) is 6.44. The van der Waals surface area contributed by atoms with Crippen LogP contribution in [0.5, 0.6) is 0 Å². The standard InChI is InChI=1S/C14H18BrN3/c1-4-16-8-12-5-6-14(13(15)7-12)18-9-17-10(2)11(18)3/h5-7,9,16H,4,8H2,1-3H3. The Balaban J connectivity index is 2.32. The molecule has 0 spiro atoms. The monoisotopic (exact) mass is 307 g/mol. The molecular formula is C14H18BrN3. The summed E-state index contributed by atoms with van der Waals surface area (Å²) in [5.74, 6) is 0. The van der Waals surface area contributed by atoms with Crippen molar-refractivity contribution < 1.29 is 0 Å². The maximum absolute atomic E-state index is 4.34. The molecule has 0 saturated heterocycles. The SMILES string of the molecule is CCNCc1ccc(-n2cnc(C)c2C)c(Br)c1. The minimum atomic E-state index is 0.900. The largest absolute Gasteiger partial charge is 0.313 e. The van der Waals surface area contributed by atoms with Crippen molar-refractivity contribution >= 4 is 15.9 Å². The van der Waals surface area contributed by atoms with Crippen molar-refractivity contribution in [1.82, 2.24) is 14.9 Å². The second-order valence-electron chi connectivity index (χ2n) is 4.35. The lowest BCUT2D eigenvalue weighted by Crippen LogP contribution is -2.11. The Morgan fingerprint density at radius 1 is 1.33 bits per heavy atom. The second kappa shape index (κ2) is 5.67. The number of hydrogen-bond donors (Lipinski definition) is 1. The van der Waals surface area contributed by atoms with Crippen LogP contribution in [0.25, 0.3) is 5.69 Å². The summed E-state index contributed by atoms with van der Waals surface area (Å²) in [6.07, 6.45) is 1.87. The van der Waals surface area contributed by atoms with Gasteiger partial charge in [0.05, 0.1) is 17.7 Å². The molecule has 0 saturated carbocycles. The number of rotatable bonds is 4. The van der Waals surface area contributed by atoms with E-state index in [-0.39, 0.29) is 0 Å². The fraction of sp³-hybridized carbons (Fsp3) is 0.357. The van der Waals surface area contributed by atoms with Crippen LogP contribution in [-0.4, -0.2) is 16.1 Å². The van der Waals surface area contributed by atoms with Crippen molar-refractivity contribution in [3.05, 3.63) is 46.0 Å². The third-order valence-corrected chi connectivity index (χ3v) is 3.74. The summed E-state index contributed by atoms with van der Waals surface area (Å²) in [7, 11) is 0. The van der Waals surface area contributed by atoms with Crippen LogP contribution in [0.4, 0.5) is 0 Å². The first-order valence-electron chi connectivity index (χ1n) is 6.13. The lowest BCUT2D eigenvalue weighted by Gasteiger charge is -2.10. The molecule has 1 N–H and O–H groups in total. The van der Waals surface area contributed by atoms with Gasteiger partial charge in [0.1, 0.15) is 0 Å². The van der Waals surface area contributed by atoms with Gasteiger partial charge in [-0.1, -0.05) is 13.0 Å². The second-order valence-corrected chi connectivity index (χ2v) is 5.21. The predicted molar refractivity (Wildman–Crippen MR) is 78.1 cm³/mol. The molecule has 0 bridgehead atoms. The number of benzene rings is 1. The minimum absolute atomic E-state index is 0.900. The van der Waals surface area contributed by atoms with Crippen molar-refractivity contribution in [2.24, 2.45) is 0 Å². The predicted octanol–water partition coefficient (Wildman–Crippen LogP) is 3.36. The van der Waals surface area contributed by atoms with Gasteiger partial charge in [-0.15, -0.1) is 0 Å². The molecule has 0 aliphatic heterocycles. The molecule has 2 aromatic rings. The van der Waals surface area contributed by atoms with Gasteiger partial charge in [0.15, 0.2) is 0 Å². The molecule has 0 atom stereocenters. The van der Waals surface area contributed by atoms with Gasteiger partial charge in [0.25, 0.3) is 0 Å². The maximum atomic E-state index is 4.34. The average molecular weight is 308 g/mol. The zero-order valence-electron chi connectivity index (χ0n) is 11.0. The Hall–Kier alpha value is -1.13. The van der Waals surface area contributed by atoms with E-state index in [1.165, 1.54) is 11.3 Å². The van der Waals surface area contributed by atoms with Crippen LogP contribution in [0.15, 0.2) is 29.0 Å². The Morgan fingerprint density at radius 2 is 2.11 bits per heavy atom. The normalized spacial score (nSPS) is 10.9. The van der Waals surface area contributed by atoms with E-state index in [4.69, 9.17) is 0 Å². The van der Waals surface area contributed by atoms with E-state index < -0.39 is 0 Å². The van der Waals surface area contributed by atoms with E-state index in [2.05, 4.69) is 62.8 Å². The van der Waals surface area contributed by atoms with Crippen LogP contribution in [0.3, 0.4) is 0 Å². The number of nitrogens with one attached hydrogen (secondary N) is 1. The number of aromatic nitrogens is 2. The summed E-state index contributed by atoms with van der Waals surface area (Å²) in [4.78, 5) is 4.34. The van der Waals surface area contributed by atoms with E-state index in [1.54, 1.807) is 0 Å². The quantitative estimate of drug-likeness (QED) is 0.938. The van der Waals surface area contributed by atoms with Crippen LogP contribution in [0.2, 0.25) is 0 Å². The molecule has 3 nitrogen and oxygen atoms in total. The lowest BCUT2D eigenvalue weighted by molar-refractivity contribution is 0.726. The van der Waals surface area contributed by atoms with E-state index in [1.807, 2.05) is 13.3 Å². The highest BCUT2D eigenvalue weighted by atomic mass is 79.9. The molecule has 0 fully saturated rings. The minimum Gasteiger partial charge on any atom is -0.313 e. The van der Waals surface area contributed by atoms with E-state index >= 15 is 0 Å². The summed E-state index contributed by atoms with van der Waals surface area (Å²) in [6.45, 7) is 8.11. The smallest absolute Gasteiger partial charge is 0.0997 e. The van der Waals surface area contributed by atoms with Crippen LogP contribution < -0.4 is 5.32 Å². The Labute approximate surface area is 116 Å². The van der Waals surface area contributed by atoms with E-state index in [0.29, 0.717) is 0 Å². The first-order chi connectivity index (χ1) is 8.63. The molecular weight excluding hydrogens is 290 g/mol. The molecule has 4 heteroatoms. The van der Waals surface area contributed by atoms with Gasteiger partial charge < -0.3 is 9.88 Å². The number of halogens is 1. The Kier molecular flexibility index (Phi) is 4.19. The molecule has 96 valence electrons. The topological polar surface area (TPSA) is 29.9 Å². The molecule has 0 unspecified atom stereocenters. The number of imidazole rings is 1. The van der Waals surface area contributed by atoms with Crippen LogP contribution >= 0.6 is 15.9 Å². The van der Waals surface area contributed by atoms with Crippen LogP contribution in [-0.2, 0) is 6.54 Å². The van der Waals surface area contributed by atoms with Crippen LogP contribution in [0.1, 0.15) is 23.9 Å². The zero-order chi connectivity index (χ0) is 13.1. The number of aryl methyl sites for hydroxylation is 1. The molecule has 2 rings (SSSR count). The van der Waals surface area contributed by atoms with Gasteiger partial charge in [-0.05, 0) is 54.0 Å². The lowest BCUT2D eigenvalue weighted by atomic mass is 10.2. The zero-order valence-corrected chi connectivity index (χ0v) is 12.6. The van der Waals surface area contributed by atoms with E-state index in [9.17, 15) is 0 Å². The van der Waals surface area contributed by atoms with Crippen molar-refractivity contribution in [2.45, 2.75) is 27.3 Å². The summed E-state index contributed by atoms with van der Waals surface area (Å²) in [5, 5.41) is 3.33. The summed E-state index contributed by atoms with van der Waals surface area (Å²) in [5.41, 5.74) is 4.66. The van der Waals surface area contributed by atoms with Crippen molar-refractivity contribution in [3.8, 4) is 5.69 Å². The fourth-order valence-corrected chi connectivity index (χ4v) is 2.48. The highest BCUT2D eigenvalue weighted by molar-refractivity contribution is 9.10. The maximum Gasteiger partial charge on any atom is 0.0997 e. The first-order valence-corrected chi connectivity index (χ1v) is 6.92. The third-order valence-electron chi connectivity index (χ3n) is 3.10. The molecule has 1 aromatic heterocycles. The molecule has 18 heavy (non-hydrogen) atoms. The van der Waals surface area contributed by atoms with Crippen molar-refractivity contribution in [1.29, 1.82) is 0 Å². The van der Waals surface area contributed by atoms with Gasteiger partial charge in [-0.2, -0.15) is 0 Å². The highest BCUT2D eigenvalue weighted by Gasteiger charge is 2.08. The molecule has 0 aliphatic rings. The Morgan fingerprint density at radius 3 is 2.67 bits per heavy atom. The Bertz CT molecular complexity index is 546. The van der Waals surface area contributed by atoms with Gasteiger partial charge in [-0.25, -0.2) is 4.98 Å². The van der Waals surface area contributed by atoms with Crippen molar-refractivity contribution in [2.75, 3.05) is 6.54 Å². The molecule has 1 heterocycles. The number of nitrogens with zero attached hydrogens (tertiary/aromatic N) is 2. The third kappa shape index (κ3) is 2.65. The summed E-state index contributed by atoms with van der Waals surface area (Å²) < 4.78 is 3.20. The van der Waals surface area contributed by atoms with E-state index in [0.717, 1.165) is 28.9 Å². The molecule has 1 aromatic carbocycles. The van der Waals surface area contributed by atoms with Crippen molar-refractivity contribution in [3.63, 3.8) is 0 Å². The average Bonchev–Trinajstić information content (AvgIpc) is 2.68. The summed E-state index contributed by atoms with van der Waals surface area (Å²) >= 11 is 3.64. The molecule has 0 amide bonds. The molecule has 0 aliphatic carbocycles. The highest BCUT2D eigenvalue weighted by Crippen LogP contribution is 2.24. The number of hydrogen-bond acceptors (Lipinski definition) is 2. The van der Waals surface area contributed by atoms with Gasteiger partial charge >= 0.3 is 0 Å². The van der Waals surface area contributed by atoms with Gasteiger partial charge in [0.2, 0.25) is 0 Å². The fourth-order valence-electron chi connectivity index (χ4n) is 1.87. The van der Waals surface area contributed by atoms with Gasteiger partial charge in [0, 0.05) is 16.7 Å².